The molecule has 0 radical (unpaired) electrons. The minimum Gasteiger partial charge on any atom is -0.497 e. The van der Waals surface area contributed by atoms with E-state index < -0.39 is 0 Å². The van der Waals surface area contributed by atoms with Crippen molar-refractivity contribution in [2.24, 2.45) is 0 Å². The summed E-state index contributed by atoms with van der Waals surface area (Å²) in [5, 5.41) is 0. The number of piperidine rings is 1. The summed E-state index contributed by atoms with van der Waals surface area (Å²) in [6.07, 6.45) is 2.54. The first-order chi connectivity index (χ1) is 12.6. The van der Waals surface area contributed by atoms with Crippen molar-refractivity contribution < 1.29 is 14.3 Å². The van der Waals surface area contributed by atoms with Gasteiger partial charge in [-0.2, -0.15) is 0 Å². The third kappa shape index (κ3) is 4.01. The zero-order valence-electron chi connectivity index (χ0n) is 15.8. The number of hydrogen-bond donors (Lipinski definition) is 0. The number of nitrogens with zero attached hydrogens (tertiary/aromatic N) is 1. The lowest BCUT2D eigenvalue weighted by atomic mass is 9.88. The standard InChI is InChI=1S/C22H27NO3/c1-16-7-4-5-9-20(16)18-8-6-12-23(15-18)22(24)13-17-10-11-19(25-2)14-21(17)26-3/h4-5,7,9-11,14,18H,6,8,12-13,15H2,1-3H3/t18-/m0/s1. The van der Waals surface area contributed by atoms with Crippen molar-refractivity contribution in [3.63, 3.8) is 0 Å². The molecule has 1 amide bonds. The van der Waals surface area contributed by atoms with Crippen LogP contribution in [0.15, 0.2) is 42.5 Å². The Labute approximate surface area is 155 Å². The molecular formula is C22H27NO3. The average Bonchev–Trinajstić information content (AvgIpc) is 2.68. The number of rotatable bonds is 5. The summed E-state index contributed by atoms with van der Waals surface area (Å²) in [6.45, 7) is 3.78. The van der Waals surface area contributed by atoms with Gasteiger partial charge in [0.25, 0.3) is 0 Å². The Kier molecular flexibility index (Phi) is 5.82. The van der Waals surface area contributed by atoms with Crippen LogP contribution in [0.2, 0.25) is 0 Å². The molecule has 4 nitrogen and oxygen atoms in total. The quantitative estimate of drug-likeness (QED) is 0.817. The average molecular weight is 353 g/mol. The maximum Gasteiger partial charge on any atom is 0.227 e. The van der Waals surface area contributed by atoms with Crippen LogP contribution in [0, 0.1) is 6.92 Å². The number of likely N-dealkylation sites (tertiary alicyclic amines) is 1. The lowest BCUT2D eigenvalue weighted by Crippen LogP contribution is -2.40. The van der Waals surface area contributed by atoms with Gasteiger partial charge in [-0.25, -0.2) is 0 Å². The maximum atomic E-state index is 12.9. The number of hydrogen-bond acceptors (Lipinski definition) is 3. The van der Waals surface area contributed by atoms with Crippen LogP contribution in [-0.2, 0) is 11.2 Å². The number of ether oxygens (including phenoxy) is 2. The number of amides is 1. The van der Waals surface area contributed by atoms with Crippen LogP contribution in [0.1, 0.15) is 35.4 Å². The predicted molar refractivity (Wildman–Crippen MR) is 103 cm³/mol. The van der Waals surface area contributed by atoms with E-state index in [1.165, 1.54) is 11.1 Å². The van der Waals surface area contributed by atoms with Gasteiger partial charge in [0.05, 0.1) is 20.6 Å². The lowest BCUT2D eigenvalue weighted by Gasteiger charge is -2.34. The van der Waals surface area contributed by atoms with Crippen molar-refractivity contribution in [1.29, 1.82) is 0 Å². The molecule has 0 aliphatic carbocycles. The molecule has 1 saturated heterocycles. The fourth-order valence-corrected chi connectivity index (χ4v) is 3.77. The molecule has 1 aliphatic rings. The second-order valence-electron chi connectivity index (χ2n) is 6.89. The number of benzene rings is 2. The molecule has 4 heteroatoms. The van der Waals surface area contributed by atoms with Crippen molar-refractivity contribution in [3.8, 4) is 11.5 Å². The van der Waals surface area contributed by atoms with Crippen LogP contribution >= 0.6 is 0 Å². The molecule has 1 atom stereocenters. The first-order valence-corrected chi connectivity index (χ1v) is 9.16. The Hall–Kier alpha value is -2.49. The molecule has 26 heavy (non-hydrogen) atoms. The summed E-state index contributed by atoms with van der Waals surface area (Å²) in [4.78, 5) is 14.9. The van der Waals surface area contributed by atoms with Gasteiger partial charge in [-0.05, 0) is 37.0 Å². The Morgan fingerprint density at radius 2 is 1.96 bits per heavy atom. The zero-order chi connectivity index (χ0) is 18.5. The molecule has 1 aliphatic heterocycles. The summed E-state index contributed by atoms with van der Waals surface area (Å²) in [5.74, 6) is 2.01. The number of aryl methyl sites for hydroxylation is 1. The fourth-order valence-electron chi connectivity index (χ4n) is 3.77. The van der Waals surface area contributed by atoms with E-state index in [1.54, 1.807) is 14.2 Å². The van der Waals surface area contributed by atoms with E-state index in [9.17, 15) is 4.79 Å². The van der Waals surface area contributed by atoms with E-state index in [2.05, 4.69) is 31.2 Å². The van der Waals surface area contributed by atoms with E-state index in [4.69, 9.17) is 9.47 Å². The van der Waals surface area contributed by atoms with Crippen LogP contribution < -0.4 is 9.47 Å². The van der Waals surface area contributed by atoms with Gasteiger partial charge in [-0.3, -0.25) is 4.79 Å². The zero-order valence-corrected chi connectivity index (χ0v) is 15.8. The molecule has 0 spiro atoms. The topological polar surface area (TPSA) is 38.8 Å². The van der Waals surface area contributed by atoms with Crippen LogP contribution in [-0.4, -0.2) is 38.1 Å². The molecule has 0 bridgehead atoms. The Morgan fingerprint density at radius 3 is 2.69 bits per heavy atom. The smallest absolute Gasteiger partial charge is 0.227 e. The van der Waals surface area contributed by atoms with Gasteiger partial charge in [0.2, 0.25) is 5.91 Å². The Bertz CT molecular complexity index is 772. The molecule has 2 aromatic carbocycles. The molecule has 0 saturated carbocycles. The second kappa shape index (κ2) is 8.26. The number of methoxy groups -OCH3 is 2. The molecule has 3 rings (SSSR count). The van der Waals surface area contributed by atoms with E-state index in [1.807, 2.05) is 23.1 Å². The first kappa shape index (κ1) is 18.3. The van der Waals surface area contributed by atoms with Crippen molar-refractivity contribution >= 4 is 5.91 Å². The summed E-state index contributed by atoms with van der Waals surface area (Å²) >= 11 is 0. The summed E-state index contributed by atoms with van der Waals surface area (Å²) in [7, 11) is 3.25. The predicted octanol–water partition coefficient (Wildman–Crippen LogP) is 3.96. The Balaban J connectivity index is 1.71. The molecule has 1 fully saturated rings. The van der Waals surface area contributed by atoms with Crippen molar-refractivity contribution in [1.82, 2.24) is 4.90 Å². The molecular weight excluding hydrogens is 326 g/mol. The van der Waals surface area contributed by atoms with Gasteiger partial charge in [0.15, 0.2) is 0 Å². The fraction of sp³-hybridized carbons (Fsp3) is 0.409. The highest BCUT2D eigenvalue weighted by Gasteiger charge is 2.26. The van der Waals surface area contributed by atoms with E-state index >= 15 is 0 Å². The third-order valence-electron chi connectivity index (χ3n) is 5.24. The van der Waals surface area contributed by atoms with Gasteiger partial charge < -0.3 is 14.4 Å². The minimum absolute atomic E-state index is 0.159. The highest BCUT2D eigenvalue weighted by molar-refractivity contribution is 5.80. The Morgan fingerprint density at radius 1 is 1.15 bits per heavy atom. The summed E-state index contributed by atoms with van der Waals surface area (Å²) in [6, 6.07) is 14.1. The maximum absolute atomic E-state index is 12.9. The molecule has 1 heterocycles. The highest BCUT2D eigenvalue weighted by atomic mass is 16.5. The molecule has 0 aromatic heterocycles. The highest BCUT2D eigenvalue weighted by Crippen LogP contribution is 2.30. The van der Waals surface area contributed by atoms with Gasteiger partial charge in [0.1, 0.15) is 11.5 Å². The summed E-state index contributed by atoms with van der Waals surface area (Å²) < 4.78 is 10.7. The largest absolute Gasteiger partial charge is 0.497 e. The normalized spacial score (nSPS) is 17.0. The van der Waals surface area contributed by atoms with Gasteiger partial charge in [-0.1, -0.05) is 30.3 Å². The van der Waals surface area contributed by atoms with E-state index in [0.717, 1.165) is 37.2 Å². The minimum atomic E-state index is 0.159. The van der Waals surface area contributed by atoms with Crippen LogP contribution in [0.5, 0.6) is 11.5 Å². The number of carbonyl (C=O) groups excluding carboxylic acids is 1. The molecule has 2 aromatic rings. The van der Waals surface area contributed by atoms with Crippen molar-refractivity contribution in [2.45, 2.75) is 32.1 Å². The monoisotopic (exact) mass is 353 g/mol. The lowest BCUT2D eigenvalue weighted by molar-refractivity contribution is -0.131. The second-order valence-corrected chi connectivity index (χ2v) is 6.89. The van der Waals surface area contributed by atoms with Gasteiger partial charge in [0, 0.05) is 30.6 Å². The van der Waals surface area contributed by atoms with Gasteiger partial charge >= 0.3 is 0 Å². The van der Waals surface area contributed by atoms with Crippen molar-refractivity contribution in [2.75, 3.05) is 27.3 Å². The van der Waals surface area contributed by atoms with Crippen LogP contribution in [0.3, 0.4) is 0 Å². The third-order valence-corrected chi connectivity index (χ3v) is 5.24. The molecule has 138 valence electrons. The molecule has 0 N–H and O–H groups in total. The van der Waals surface area contributed by atoms with E-state index in [-0.39, 0.29) is 5.91 Å². The summed E-state index contributed by atoms with van der Waals surface area (Å²) in [5.41, 5.74) is 3.58. The molecule has 0 unspecified atom stereocenters. The number of carbonyl (C=O) groups is 1. The first-order valence-electron chi connectivity index (χ1n) is 9.16. The SMILES string of the molecule is COc1ccc(CC(=O)N2CCC[C@H](c3ccccc3C)C2)c(OC)c1. The van der Waals surface area contributed by atoms with Gasteiger partial charge in [-0.15, -0.1) is 0 Å². The van der Waals surface area contributed by atoms with Crippen LogP contribution in [0.4, 0.5) is 0 Å². The van der Waals surface area contributed by atoms with E-state index in [0.29, 0.717) is 18.1 Å². The van der Waals surface area contributed by atoms with Crippen molar-refractivity contribution in [3.05, 3.63) is 59.2 Å². The van der Waals surface area contributed by atoms with Crippen LogP contribution in [0.25, 0.3) is 0 Å².